The zero-order valence-corrected chi connectivity index (χ0v) is 14.8. The second-order valence-electron chi connectivity index (χ2n) is 6.43. The van der Waals surface area contributed by atoms with Crippen LogP contribution in [0.2, 0.25) is 0 Å². The molecule has 1 amide bonds. The molecule has 3 heterocycles. The van der Waals surface area contributed by atoms with Gasteiger partial charge in [-0.1, -0.05) is 18.2 Å². The van der Waals surface area contributed by atoms with Crippen LogP contribution in [-0.2, 0) is 22.5 Å². The van der Waals surface area contributed by atoms with E-state index in [-0.39, 0.29) is 30.5 Å². The van der Waals surface area contributed by atoms with Crippen LogP contribution in [0.25, 0.3) is 5.69 Å². The third-order valence-electron chi connectivity index (χ3n) is 4.89. The Hall–Kier alpha value is -1.89. The van der Waals surface area contributed by atoms with E-state index in [1.807, 2.05) is 46.1 Å². The molecule has 2 aliphatic heterocycles. The van der Waals surface area contributed by atoms with Crippen LogP contribution >= 0.6 is 12.4 Å². The van der Waals surface area contributed by atoms with Gasteiger partial charge in [0.25, 0.3) is 5.91 Å². The number of amides is 1. The lowest BCUT2D eigenvalue weighted by atomic mass is 10.1. The Morgan fingerprint density at radius 3 is 2.80 bits per heavy atom. The minimum Gasteiger partial charge on any atom is -0.364 e. The van der Waals surface area contributed by atoms with E-state index >= 15 is 0 Å². The number of benzene rings is 1. The van der Waals surface area contributed by atoms with Crippen LogP contribution in [0.3, 0.4) is 0 Å². The molecule has 2 N–H and O–H groups in total. The van der Waals surface area contributed by atoms with Crippen LogP contribution in [0.15, 0.2) is 36.5 Å². The van der Waals surface area contributed by atoms with Crippen molar-refractivity contribution in [1.29, 1.82) is 0 Å². The molecule has 2 aliphatic rings. The summed E-state index contributed by atoms with van der Waals surface area (Å²) in [7, 11) is 0. The summed E-state index contributed by atoms with van der Waals surface area (Å²) in [6.45, 7) is 1.80. The number of halogens is 1. The van der Waals surface area contributed by atoms with Crippen molar-refractivity contribution in [3.05, 3.63) is 47.8 Å². The Morgan fingerprint density at radius 1 is 1.28 bits per heavy atom. The Kier molecular flexibility index (Phi) is 5.42. The van der Waals surface area contributed by atoms with Crippen LogP contribution in [0, 0.1) is 0 Å². The van der Waals surface area contributed by atoms with Gasteiger partial charge in [-0.15, -0.1) is 12.4 Å². The summed E-state index contributed by atoms with van der Waals surface area (Å²) in [5, 5.41) is 4.52. The number of nitrogens with zero attached hydrogens (tertiary/aromatic N) is 3. The maximum Gasteiger partial charge on any atom is 0.252 e. The Bertz CT molecular complexity index is 734. The Labute approximate surface area is 153 Å². The third kappa shape index (κ3) is 3.42. The molecule has 134 valence electrons. The number of rotatable bonds is 3. The molecule has 0 saturated carbocycles. The molecule has 0 radical (unpaired) electrons. The fraction of sp³-hybridized carbons (Fsp3) is 0.444. The van der Waals surface area contributed by atoms with Crippen LogP contribution < -0.4 is 5.73 Å². The zero-order chi connectivity index (χ0) is 16.5. The quantitative estimate of drug-likeness (QED) is 0.901. The molecule has 7 heteroatoms. The summed E-state index contributed by atoms with van der Waals surface area (Å²) in [6, 6.07) is 10.1. The molecule has 1 saturated heterocycles. The molecule has 0 spiro atoms. The largest absolute Gasteiger partial charge is 0.364 e. The van der Waals surface area contributed by atoms with E-state index in [4.69, 9.17) is 10.5 Å². The van der Waals surface area contributed by atoms with Gasteiger partial charge < -0.3 is 15.4 Å². The van der Waals surface area contributed by atoms with Gasteiger partial charge in [-0.3, -0.25) is 4.79 Å². The monoisotopic (exact) mass is 362 g/mol. The van der Waals surface area contributed by atoms with Crippen molar-refractivity contribution in [2.45, 2.75) is 38.0 Å². The minimum absolute atomic E-state index is 0. The third-order valence-corrected chi connectivity index (χ3v) is 4.89. The molecular weight excluding hydrogens is 340 g/mol. The first kappa shape index (κ1) is 17.9. The first-order valence-corrected chi connectivity index (χ1v) is 8.52. The standard InChI is InChI=1S/C18H22N4O2.ClH/c19-10-15-6-7-17(24-15)18(23)21-9-8-16-13(12-21)11-20-22(16)14-4-2-1-3-5-14;/h1-5,11,15,17H,6-10,12,19H2;1H/t15-,17+;/m1./s1. The summed E-state index contributed by atoms with van der Waals surface area (Å²) >= 11 is 0. The molecule has 6 nitrogen and oxygen atoms in total. The topological polar surface area (TPSA) is 73.4 Å². The van der Waals surface area contributed by atoms with E-state index < -0.39 is 0 Å². The molecule has 1 fully saturated rings. The van der Waals surface area contributed by atoms with Gasteiger partial charge in [0.05, 0.1) is 23.7 Å². The summed E-state index contributed by atoms with van der Waals surface area (Å²) < 4.78 is 7.73. The van der Waals surface area contributed by atoms with Gasteiger partial charge in [-0.25, -0.2) is 4.68 Å². The van der Waals surface area contributed by atoms with Gasteiger partial charge in [0.2, 0.25) is 0 Å². The van der Waals surface area contributed by atoms with Gasteiger partial charge in [-0.05, 0) is 25.0 Å². The normalized spacial score (nSPS) is 22.4. The number of ether oxygens (including phenoxy) is 1. The number of nitrogens with two attached hydrogens (primary N) is 1. The van der Waals surface area contributed by atoms with E-state index in [1.165, 1.54) is 5.69 Å². The van der Waals surface area contributed by atoms with Gasteiger partial charge in [0.1, 0.15) is 6.10 Å². The minimum atomic E-state index is -0.329. The summed E-state index contributed by atoms with van der Waals surface area (Å²) in [5.74, 6) is 0.0871. The number of aromatic nitrogens is 2. The fourth-order valence-electron chi connectivity index (χ4n) is 3.58. The van der Waals surface area contributed by atoms with Crippen LogP contribution in [0.4, 0.5) is 0 Å². The lowest BCUT2D eigenvalue weighted by molar-refractivity contribution is -0.143. The van der Waals surface area contributed by atoms with Crippen molar-refractivity contribution in [2.24, 2.45) is 5.73 Å². The number of carbonyl (C=O) groups excluding carboxylic acids is 1. The average Bonchev–Trinajstić information content (AvgIpc) is 3.28. The van der Waals surface area contributed by atoms with Crippen LogP contribution in [0.1, 0.15) is 24.1 Å². The van der Waals surface area contributed by atoms with Crippen molar-refractivity contribution >= 4 is 18.3 Å². The predicted octanol–water partition coefficient (Wildman–Crippen LogP) is 1.69. The lowest BCUT2D eigenvalue weighted by Gasteiger charge is -2.29. The molecule has 0 unspecified atom stereocenters. The molecule has 1 aromatic heterocycles. The highest BCUT2D eigenvalue weighted by molar-refractivity contribution is 5.85. The first-order chi connectivity index (χ1) is 11.8. The number of fused-ring (bicyclic) bond motifs is 1. The van der Waals surface area contributed by atoms with Gasteiger partial charge in [0, 0.05) is 31.6 Å². The van der Waals surface area contributed by atoms with Crippen molar-refractivity contribution in [2.75, 3.05) is 13.1 Å². The molecule has 25 heavy (non-hydrogen) atoms. The van der Waals surface area contributed by atoms with Crippen molar-refractivity contribution < 1.29 is 9.53 Å². The van der Waals surface area contributed by atoms with Gasteiger partial charge >= 0.3 is 0 Å². The summed E-state index contributed by atoms with van der Waals surface area (Å²) in [5.41, 5.74) is 9.00. The number of hydrogen-bond donors (Lipinski definition) is 1. The Balaban J connectivity index is 0.00000182. The highest BCUT2D eigenvalue weighted by Gasteiger charge is 2.34. The first-order valence-electron chi connectivity index (χ1n) is 8.52. The molecule has 4 rings (SSSR count). The summed E-state index contributed by atoms with van der Waals surface area (Å²) in [6.07, 6.45) is 4.03. The van der Waals surface area contributed by atoms with E-state index in [0.29, 0.717) is 19.6 Å². The van der Waals surface area contributed by atoms with E-state index in [0.717, 1.165) is 30.5 Å². The highest BCUT2D eigenvalue weighted by Crippen LogP contribution is 2.25. The second kappa shape index (κ2) is 7.56. The number of hydrogen-bond acceptors (Lipinski definition) is 4. The van der Waals surface area contributed by atoms with Crippen LogP contribution in [-0.4, -0.2) is 45.9 Å². The van der Waals surface area contributed by atoms with Gasteiger partial charge in [0.15, 0.2) is 0 Å². The lowest BCUT2D eigenvalue weighted by Crippen LogP contribution is -2.42. The highest BCUT2D eigenvalue weighted by atomic mass is 35.5. The SMILES string of the molecule is Cl.NC[C@H]1CC[C@@H](C(=O)N2CCc3c(cnn3-c3ccccc3)C2)O1. The molecular formula is C18H23ClN4O2. The van der Waals surface area contributed by atoms with Crippen molar-refractivity contribution in [3.63, 3.8) is 0 Å². The molecule has 1 aromatic carbocycles. The zero-order valence-electron chi connectivity index (χ0n) is 14.0. The Morgan fingerprint density at radius 2 is 2.08 bits per heavy atom. The van der Waals surface area contributed by atoms with Crippen LogP contribution in [0.5, 0.6) is 0 Å². The maximum absolute atomic E-state index is 12.7. The maximum atomic E-state index is 12.7. The molecule has 2 aromatic rings. The number of para-hydroxylation sites is 1. The molecule has 0 aliphatic carbocycles. The number of carbonyl (C=O) groups is 1. The van der Waals surface area contributed by atoms with E-state index in [9.17, 15) is 4.79 Å². The average molecular weight is 363 g/mol. The fourth-order valence-corrected chi connectivity index (χ4v) is 3.58. The van der Waals surface area contributed by atoms with Crippen molar-refractivity contribution in [3.8, 4) is 5.69 Å². The molecule has 0 bridgehead atoms. The van der Waals surface area contributed by atoms with Crippen molar-refractivity contribution in [1.82, 2.24) is 14.7 Å². The van der Waals surface area contributed by atoms with Gasteiger partial charge in [-0.2, -0.15) is 5.10 Å². The smallest absolute Gasteiger partial charge is 0.252 e. The predicted molar refractivity (Wildman–Crippen MR) is 96.9 cm³/mol. The summed E-state index contributed by atoms with van der Waals surface area (Å²) in [4.78, 5) is 14.6. The van der Waals surface area contributed by atoms with E-state index in [1.54, 1.807) is 0 Å². The molecule has 2 atom stereocenters. The van der Waals surface area contributed by atoms with E-state index in [2.05, 4.69) is 5.10 Å². The second-order valence-corrected chi connectivity index (χ2v) is 6.43.